The molecule has 2 rings (SSSR count). The molecule has 1 saturated carbocycles. The van der Waals surface area contributed by atoms with Gasteiger partial charge in [-0.2, -0.15) is 0 Å². The fourth-order valence-corrected chi connectivity index (χ4v) is 1.76. The maximum Gasteiger partial charge on any atom is 0.269 e. The first-order valence-electron chi connectivity index (χ1n) is 6.27. The molecule has 4 heteroatoms. The number of pyridine rings is 1. The van der Waals surface area contributed by atoms with E-state index in [1.54, 1.807) is 12.3 Å². The molecule has 0 unspecified atom stereocenters. The van der Waals surface area contributed by atoms with E-state index in [-0.39, 0.29) is 5.91 Å². The molecule has 0 aliphatic heterocycles. The quantitative estimate of drug-likeness (QED) is 0.790. The van der Waals surface area contributed by atoms with Gasteiger partial charge in [0, 0.05) is 25.0 Å². The second-order valence-corrected chi connectivity index (χ2v) is 4.45. The molecule has 92 valence electrons. The third kappa shape index (κ3) is 3.73. The third-order valence-corrected chi connectivity index (χ3v) is 2.91. The molecule has 1 aliphatic carbocycles. The van der Waals surface area contributed by atoms with E-state index < -0.39 is 0 Å². The molecule has 0 saturated heterocycles. The molecule has 1 amide bonds. The van der Waals surface area contributed by atoms with Crippen LogP contribution in [0.5, 0.6) is 0 Å². The minimum atomic E-state index is -0.0783. The van der Waals surface area contributed by atoms with Crippen LogP contribution in [0.3, 0.4) is 0 Å². The van der Waals surface area contributed by atoms with Crippen molar-refractivity contribution in [3.05, 3.63) is 24.0 Å². The predicted molar refractivity (Wildman–Crippen MR) is 68.1 cm³/mol. The summed E-state index contributed by atoms with van der Waals surface area (Å²) in [7, 11) is 0. The Kier molecular flexibility index (Phi) is 3.96. The summed E-state index contributed by atoms with van der Waals surface area (Å²) in [5, 5.41) is 6.08. The maximum absolute atomic E-state index is 11.8. The Morgan fingerprint density at radius 1 is 1.53 bits per heavy atom. The van der Waals surface area contributed by atoms with E-state index in [2.05, 4.69) is 15.6 Å². The highest BCUT2D eigenvalue weighted by molar-refractivity contribution is 5.93. The second-order valence-electron chi connectivity index (χ2n) is 4.45. The number of amides is 1. The topological polar surface area (TPSA) is 54.0 Å². The molecule has 1 heterocycles. The Bertz CT molecular complexity index is 388. The average molecular weight is 233 g/mol. The van der Waals surface area contributed by atoms with E-state index in [0.717, 1.165) is 31.1 Å². The van der Waals surface area contributed by atoms with E-state index in [9.17, 15) is 4.79 Å². The molecule has 4 nitrogen and oxygen atoms in total. The zero-order valence-corrected chi connectivity index (χ0v) is 10.2. The van der Waals surface area contributed by atoms with E-state index in [0.29, 0.717) is 5.69 Å². The van der Waals surface area contributed by atoms with Gasteiger partial charge < -0.3 is 10.6 Å². The number of hydrogen-bond acceptors (Lipinski definition) is 3. The number of nitrogens with zero attached hydrogens (tertiary/aromatic N) is 1. The van der Waals surface area contributed by atoms with Gasteiger partial charge >= 0.3 is 0 Å². The van der Waals surface area contributed by atoms with Crippen molar-refractivity contribution in [2.45, 2.75) is 26.2 Å². The van der Waals surface area contributed by atoms with Crippen molar-refractivity contribution in [3.8, 4) is 0 Å². The summed E-state index contributed by atoms with van der Waals surface area (Å²) in [6.45, 7) is 3.62. The minimum Gasteiger partial charge on any atom is -0.385 e. The summed E-state index contributed by atoms with van der Waals surface area (Å²) in [4.78, 5) is 15.9. The molecule has 0 aromatic carbocycles. The van der Waals surface area contributed by atoms with Gasteiger partial charge in [-0.15, -0.1) is 0 Å². The number of nitrogens with one attached hydrogen (secondary N) is 2. The van der Waals surface area contributed by atoms with Gasteiger partial charge in [-0.1, -0.05) is 12.8 Å². The van der Waals surface area contributed by atoms with Gasteiger partial charge in [0.1, 0.15) is 5.69 Å². The fraction of sp³-hybridized carbons (Fsp3) is 0.538. The Morgan fingerprint density at radius 2 is 2.35 bits per heavy atom. The number of rotatable bonds is 6. The Balaban J connectivity index is 1.85. The standard InChI is InChI=1S/C13H19N3O/c1-2-14-11-6-8-15-12(9-11)13(17)16-7-5-10-3-4-10/h6,8-10H,2-5,7H2,1H3,(H,14,15)(H,16,17). The van der Waals surface area contributed by atoms with E-state index >= 15 is 0 Å². The molecular formula is C13H19N3O. The average Bonchev–Trinajstić information content (AvgIpc) is 3.14. The first-order valence-corrected chi connectivity index (χ1v) is 6.27. The largest absolute Gasteiger partial charge is 0.385 e. The third-order valence-electron chi connectivity index (χ3n) is 2.91. The summed E-state index contributed by atoms with van der Waals surface area (Å²) in [6, 6.07) is 3.65. The molecule has 0 atom stereocenters. The highest BCUT2D eigenvalue weighted by Gasteiger charge is 2.20. The zero-order chi connectivity index (χ0) is 12.1. The molecule has 0 bridgehead atoms. The van der Waals surface area contributed by atoms with Crippen molar-refractivity contribution < 1.29 is 4.79 Å². The molecule has 1 fully saturated rings. The Hall–Kier alpha value is -1.58. The summed E-state index contributed by atoms with van der Waals surface area (Å²) < 4.78 is 0. The molecule has 1 aliphatic rings. The van der Waals surface area contributed by atoms with Crippen LogP contribution < -0.4 is 10.6 Å². The van der Waals surface area contributed by atoms with Crippen LogP contribution in [0.15, 0.2) is 18.3 Å². The van der Waals surface area contributed by atoms with Gasteiger partial charge in [0.15, 0.2) is 0 Å². The number of hydrogen-bond donors (Lipinski definition) is 2. The summed E-state index contributed by atoms with van der Waals surface area (Å²) >= 11 is 0. The summed E-state index contributed by atoms with van der Waals surface area (Å²) in [5.74, 6) is 0.766. The van der Waals surface area contributed by atoms with Crippen LogP contribution in [0.4, 0.5) is 5.69 Å². The molecule has 1 aromatic rings. The van der Waals surface area contributed by atoms with Gasteiger partial charge in [0.2, 0.25) is 0 Å². The highest BCUT2D eigenvalue weighted by Crippen LogP contribution is 2.31. The molecule has 0 spiro atoms. The van der Waals surface area contributed by atoms with Crippen LogP contribution >= 0.6 is 0 Å². The van der Waals surface area contributed by atoms with Crippen LogP contribution in [0, 0.1) is 5.92 Å². The van der Waals surface area contributed by atoms with E-state index in [1.165, 1.54) is 12.8 Å². The number of carbonyl (C=O) groups is 1. The van der Waals surface area contributed by atoms with Crippen LogP contribution in [0.1, 0.15) is 36.7 Å². The minimum absolute atomic E-state index is 0.0783. The smallest absolute Gasteiger partial charge is 0.269 e. The van der Waals surface area contributed by atoms with Crippen molar-refractivity contribution >= 4 is 11.6 Å². The van der Waals surface area contributed by atoms with Crippen LogP contribution in [0.2, 0.25) is 0 Å². The lowest BCUT2D eigenvalue weighted by Crippen LogP contribution is -2.25. The van der Waals surface area contributed by atoms with Crippen LogP contribution in [-0.2, 0) is 0 Å². The molecule has 2 N–H and O–H groups in total. The Morgan fingerprint density at radius 3 is 3.06 bits per heavy atom. The lowest BCUT2D eigenvalue weighted by molar-refractivity contribution is 0.0948. The SMILES string of the molecule is CCNc1ccnc(C(=O)NCCC2CC2)c1. The molecule has 0 radical (unpaired) electrons. The number of carbonyl (C=O) groups excluding carboxylic acids is 1. The number of anilines is 1. The van der Waals surface area contributed by atoms with Gasteiger partial charge in [0.05, 0.1) is 0 Å². The monoisotopic (exact) mass is 233 g/mol. The van der Waals surface area contributed by atoms with Gasteiger partial charge in [0.25, 0.3) is 5.91 Å². The number of aromatic nitrogens is 1. The van der Waals surface area contributed by atoms with Crippen LogP contribution in [-0.4, -0.2) is 24.0 Å². The van der Waals surface area contributed by atoms with Crippen molar-refractivity contribution in [3.63, 3.8) is 0 Å². The fourth-order valence-electron chi connectivity index (χ4n) is 1.76. The van der Waals surface area contributed by atoms with Crippen molar-refractivity contribution in [2.24, 2.45) is 5.92 Å². The second kappa shape index (κ2) is 5.66. The first kappa shape index (κ1) is 11.9. The zero-order valence-electron chi connectivity index (χ0n) is 10.2. The van der Waals surface area contributed by atoms with Crippen molar-refractivity contribution in [1.82, 2.24) is 10.3 Å². The predicted octanol–water partition coefficient (Wildman–Crippen LogP) is 2.04. The van der Waals surface area contributed by atoms with E-state index in [1.807, 2.05) is 13.0 Å². The summed E-state index contributed by atoms with van der Waals surface area (Å²) in [5.41, 5.74) is 1.43. The van der Waals surface area contributed by atoms with E-state index in [4.69, 9.17) is 0 Å². The van der Waals surface area contributed by atoms with Crippen LogP contribution in [0.25, 0.3) is 0 Å². The van der Waals surface area contributed by atoms with Gasteiger partial charge in [-0.25, -0.2) is 0 Å². The molecular weight excluding hydrogens is 214 g/mol. The van der Waals surface area contributed by atoms with Crippen molar-refractivity contribution in [1.29, 1.82) is 0 Å². The summed E-state index contributed by atoms with van der Waals surface area (Å²) in [6.07, 6.45) is 5.40. The maximum atomic E-state index is 11.8. The lowest BCUT2D eigenvalue weighted by Gasteiger charge is -2.06. The normalized spacial score (nSPS) is 14.4. The first-order chi connectivity index (χ1) is 8.29. The Labute approximate surface area is 102 Å². The van der Waals surface area contributed by atoms with Gasteiger partial charge in [-0.05, 0) is 31.4 Å². The van der Waals surface area contributed by atoms with Crippen molar-refractivity contribution in [2.75, 3.05) is 18.4 Å². The highest BCUT2D eigenvalue weighted by atomic mass is 16.1. The van der Waals surface area contributed by atoms with Gasteiger partial charge in [-0.3, -0.25) is 9.78 Å². The molecule has 1 aromatic heterocycles. The lowest BCUT2D eigenvalue weighted by atomic mass is 10.2. The molecule has 17 heavy (non-hydrogen) atoms.